The first kappa shape index (κ1) is 12.4. The molecule has 0 saturated carbocycles. The number of fused-ring (bicyclic) bond motifs is 1. The lowest BCUT2D eigenvalue weighted by Gasteiger charge is -2.12. The van der Waals surface area contributed by atoms with E-state index in [1.54, 1.807) is 11.8 Å². The first-order valence-electron chi connectivity index (χ1n) is 5.98. The molecule has 0 amide bonds. The van der Waals surface area contributed by atoms with Crippen LogP contribution in [0.25, 0.3) is 0 Å². The fourth-order valence-corrected chi connectivity index (χ4v) is 3.49. The quantitative estimate of drug-likeness (QED) is 0.770. The highest BCUT2D eigenvalue weighted by Gasteiger charge is 2.28. The molecular weight excluding hydrogens is 232 g/mol. The summed E-state index contributed by atoms with van der Waals surface area (Å²) in [6.07, 6.45) is 2.72. The second-order valence-corrected chi connectivity index (χ2v) is 5.57. The number of Topliss-reactive ketones (excluding diaryl/α,β-unsaturated/α-hetero) is 1. The van der Waals surface area contributed by atoms with Crippen LogP contribution in [-0.4, -0.2) is 17.3 Å². The van der Waals surface area contributed by atoms with E-state index >= 15 is 0 Å². The van der Waals surface area contributed by atoms with Gasteiger partial charge in [0.1, 0.15) is 12.1 Å². The van der Waals surface area contributed by atoms with Crippen molar-refractivity contribution in [2.45, 2.75) is 42.2 Å². The van der Waals surface area contributed by atoms with E-state index in [0.29, 0.717) is 12.8 Å². The van der Waals surface area contributed by atoms with E-state index in [4.69, 9.17) is 0 Å². The van der Waals surface area contributed by atoms with Gasteiger partial charge in [-0.3, -0.25) is 4.79 Å². The predicted octanol–water partition coefficient (Wildman–Crippen LogP) is 3.20. The van der Waals surface area contributed by atoms with Crippen LogP contribution in [0.1, 0.15) is 37.7 Å². The van der Waals surface area contributed by atoms with Crippen molar-refractivity contribution < 1.29 is 9.59 Å². The summed E-state index contributed by atoms with van der Waals surface area (Å²) in [4.78, 5) is 24.0. The zero-order valence-corrected chi connectivity index (χ0v) is 10.7. The molecule has 1 aliphatic rings. The van der Waals surface area contributed by atoms with Crippen LogP contribution < -0.4 is 0 Å². The van der Waals surface area contributed by atoms with Crippen LogP contribution in [0, 0.1) is 0 Å². The monoisotopic (exact) mass is 248 g/mol. The topological polar surface area (TPSA) is 34.1 Å². The molecule has 0 spiro atoms. The van der Waals surface area contributed by atoms with Gasteiger partial charge in [-0.05, 0) is 24.0 Å². The maximum Gasteiger partial charge on any atom is 0.146 e. The van der Waals surface area contributed by atoms with Gasteiger partial charge < -0.3 is 4.79 Å². The van der Waals surface area contributed by atoms with Gasteiger partial charge in [-0.25, -0.2) is 0 Å². The van der Waals surface area contributed by atoms with E-state index in [1.165, 1.54) is 0 Å². The summed E-state index contributed by atoms with van der Waals surface area (Å²) in [5.41, 5.74) is 1.16. The molecule has 1 aliphatic heterocycles. The van der Waals surface area contributed by atoms with E-state index in [-0.39, 0.29) is 17.0 Å². The summed E-state index contributed by atoms with van der Waals surface area (Å²) < 4.78 is 0. The molecule has 1 aromatic carbocycles. The average molecular weight is 248 g/mol. The summed E-state index contributed by atoms with van der Waals surface area (Å²) >= 11 is 1.65. The summed E-state index contributed by atoms with van der Waals surface area (Å²) in [6.45, 7) is 2.04. The third-order valence-corrected chi connectivity index (χ3v) is 4.69. The molecule has 1 aromatic rings. The molecule has 2 rings (SSSR count). The van der Waals surface area contributed by atoms with Gasteiger partial charge in [-0.1, -0.05) is 25.1 Å². The number of ketones is 1. The Morgan fingerprint density at radius 2 is 2.18 bits per heavy atom. The van der Waals surface area contributed by atoms with Gasteiger partial charge in [-0.15, -0.1) is 11.8 Å². The lowest BCUT2D eigenvalue weighted by atomic mass is 9.90. The molecule has 0 aromatic heterocycles. The van der Waals surface area contributed by atoms with Gasteiger partial charge in [0.25, 0.3) is 0 Å². The maximum absolute atomic E-state index is 12.1. The lowest BCUT2D eigenvalue weighted by molar-refractivity contribution is -0.119. The summed E-state index contributed by atoms with van der Waals surface area (Å²) in [5, 5.41) is 0.0489. The van der Waals surface area contributed by atoms with Crippen LogP contribution in [0.4, 0.5) is 0 Å². The Morgan fingerprint density at radius 1 is 1.41 bits per heavy atom. The van der Waals surface area contributed by atoms with Crippen molar-refractivity contribution in [1.82, 2.24) is 0 Å². The van der Waals surface area contributed by atoms with Crippen molar-refractivity contribution in [1.29, 1.82) is 0 Å². The third kappa shape index (κ3) is 2.60. The zero-order valence-electron chi connectivity index (χ0n) is 9.89. The van der Waals surface area contributed by atoms with Gasteiger partial charge in [-0.2, -0.15) is 0 Å². The van der Waals surface area contributed by atoms with E-state index in [1.807, 2.05) is 25.1 Å². The standard InChI is InChI=1S/C14H16O2S/c1-2-13-12(16)9-10(7-8-15)11-5-3-4-6-14(11)17-13/h3-6,8,10,13H,2,7,9H2,1H3. The summed E-state index contributed by atoms with van der Waals surface area (Å²) in [6, 6.07) is 8.07. The predicted molar refractivity (Wildman–Crippen MR) is 69.4 cm³/mol. The molecule has 0 aliphatic carbocycles. The minimum Gasteiger partial charge on any atom is -0.303 e. The highest BCUT2D eigenvalue weighted by Crippen LogP contribution is 2.40. The minimum atomic E-state index is 0.0489. The fraction of sp³-hybridized carbons (Fsp3) is 0.429. The Morgan fingerprint density at radius 3 is 2.88 bits per heavy atom. The fourth-order valence-electron chi connectivity index (χ4n) is 2.27. The maximum atomic E-state index is 12.1. The highest BCUT2D eigenvalue weighted by atomic mass is 32.2. The highest BCUT2D eigenvalue weighted by molar-refractivity contribution is 8.00. The average Bonchev–Trinajstić information content (AvgIpc) is 2.48. The van der Waals surface area contributed by atoms with Crippen molar-refractivity contribution >= 4 is 23.8 Å². The molecule has 1 heterocycles. The number of hydrogen-bond acceptors (Lipinski definition) is 3. The van der Waals surface area contributed by atoms with Crippen molar-refractivity contribution in [3.63, 3.8) is 0 Å². The Balaban J connectivity index is 2.38. The minimum absolute atomic E-state index is 0.0489. The Bertz CT molecular complexity index is 428. The molecule has 17 heavy (non-hydrogen) atoms. The Labute approximate surface area is 106 Å². The van der Waals surface area contributed by atoms with E-state index in [9.17, 15) is 9.59 Å². The lowest BCUT2D eigenvalue weighted by Crippen LogP contribution is -2.16. The smallest absolute Gasteiger partial charge is 0.146 e. The second kappa shape index (κ2) is 5.50. The van der Waals surface area contributed by atoms with Gasteiger partial charge in [0.2, 0.25) is 0 Å². The number of benzene rings is 1. The van der Waals surface area contributed by atoms with Crippen LogP contribution in [0.2, 0.25) is 0 Å². The van der Waals surface area contributed by atoms with E-state index in [0.717, 1.165) is 23.2 Å². The van der Waals surface area contributed by atoms with Gasteiger partial charge in [0, 0.05) is 17.7 Å². The Hall–Kier alpha value is -1.09. The van der Waals surface area contributed by atoms with Crippen molar-refractivity contribution in [2.24, 2.45) is 0 Å². The molecule has 2 atom stereocenters. The van der Waals surface area contributed by atoms with Crippen LogP contribution in [0.3, 0.4) is 0 Å². The molecule has 0 fully saturated rings. The van der Waals surface area contributed by atoms with Crippen LogP contribution in [0.5, 0.6) is 0 Å². The number of aldehydes is 1. The number of rotatable bonds is 3. The first-order chi connectivity index (χ1) is 8.26. The first-order valence-corrected chi connectivity index (χ1v) is 6.86. The van der Waals surface area contributed by atoms with Crippen molar-refractivity contribution in [3.8, 4) is 0 Å². The van der Waals surface area contributed by atoms with Crippen LogP contribution in [0.15, 0.2) is 29.2 Å². The molecular formula is C14H16O2S. The van der Waals surface area contributed by atoms with Gasteiger partial charge >= 0.3 is 0 Å². The Kier molecular flexibility index (Phi) is 4.00. The van der Waals surface area contributed by atoms with Gasteiger partial charge in [0.05, 0.1) is 5.25 Å². The molecule has 90 valence electrons. The van der Waals surface area contributed by atoms with E-state index < -0.39 is 0 Å². The van der Waals surface area contributed by atoms with Crippen molar-refractivity contribution in [3.05, 3.63) is 29.8 Å². The number of hydrogen-bond donors (Lipinski definition) is 0. The molecule has 0 N–H and O–H groups in total. The summed E-state index contributed by atoms with van der Waals surface area (Å²) in [7, 11) is 0. The number of carbonyl (C=O) groups is 2. The van der Waals surface area contributed by atoms with Gasteiger partial charge in [0.15, 0.2) is 0 Å². The molecule has 3 heteroatoms. The molecule has 0 bridgehead atoms. The molecule has 2 nitrogen and oxygen atoms in total. The second-order valence-electron chi connectivity index (χ2n) is 4.32. The van der Waals surface area contributed by atoms with Crippen LogP contribution in [-0.2, 0) is 9.59 Å². The molecule has 0 radical (unpaired) electrons. The normalized spacial score (nSPS) is 23.9. The SMILES string of the molecule is CCC1Sc2ccccc2C(CC=O)CC1=O. The molecule has 2 unspecified atom stereocenters. The largest absolute Gasteiger partial charge is 0.303 e. The van der Waals surface area contributed by atoms with Crippen molar-refractivity contribution in [2.75, 3.05) is 0 Å². The van der Waals surface area contributed by atoms with Crippen LogP contribution >= 0.6 is 11.8 Å². The third-order valence-electron chi connectivity index (χ3n) is 3.19. The van der Waals surface area contributed by atoms with E-state index in [2.05, 4.69) is 6.07 Å². The zero-order chi connectivity index (χ0) is 12.3. The number of carbonyl (C=O) groups excluding carboxylic acids is 2. The molecule has 0 saturated heterocycles. The summed E-state index contributed by atoms with van der Waals surface area (Å²) in [5.74, 6) is 0.348. The number of thioether (sulfide) groups is 1.